The summed E-state index contributed by atoms with van der Waals surface area (Å²) in [4.78, 5) is 12.2. The molecule has 0 aliphatic rings. The van der Waals surface area contributed by atoms with Crippen LogP contribution < -0.4 is 4.72 Å². The van der Waals surface area contributed by atoms with Crippen LogP contribution in [0.1, 0.15) is 5.56 Å². The molecule has 1 aromatic carbocycles. The van der Waals surface area contributed by atoms with Crippen molar-refractivity contribution in [3.63, 3.8) is 0 Å². The molecule has 0 amide bonds. The van der Waals surface area contributed by atoms with Gasteiger partial charge in [0, 0.05) is 23.5 Å². The van der Waals surface area contributed by atoms with Crippen LogP contribution in [-0.2, 0) is 0 Å². The summed E-state index contributed by atoms with van der Waals surface area (Å²) in [5.74, 6) is 0.132. The number of benzene rings is 1. The van der Waals surface area contributed by atoms with Crippen LogP contribution in [-0.4, -0.2) is 15.0 Å². The molecule has 2 aromatic heterocycles. The Morgan fingerprint density at radius 2 is 2.05 bits per heavy atom. The van der Waals surface area contributed by atoms with E-state index in [1.165, 1.54) is 24.1 Å². The quantitative estimate of drug-likeness (QED) is 0.720. The summed E-state index contributed by atoms with van der Waals surface area (Å²) in [5.41, 5.74) is 1.39. The van der Waals surface area contributed by atoms with Crippen LogP contribution in [0.3, 0.4) is 0 Å². The van der Waals surface area contributed by atoms with E-state index in [0.29, 0.717) is 17.1 Å². The van der Waals surface area contributed by atoms with Crippen molar-refractivity contribution in [2.75, 3.05) is 4.72 Å². The Kier molecular flexibility index (Phi) is 4.03. The largest absolute Gasteiger partial charge is 0.357 e. The van der Waals surface area contributed by atoms with Crippen LogP contribution in [0.4, 0.5) is 10.1 Å². The van der Waals surface area contributed by atoms with Gasteiger partial charge in [-0.25, -0.2) is 14.4 Å². The van der Waals surface area contributed by atoms with E-state index >= 15 is 0 Å². The minimum Gasteiger partial charge on any atom is -0.357 e. The molecule has 108 valence electrons. The van der Waals surface area contributed by atoms with E-state index in [0.717, 1.165) is 10.6 Å². The Labute approximate surface area is 130 Å². The molecule has 22 heavy (non-hydrogen) atoms. The number of hydrogen-bond acceptors (Lipinski definition) is 5. The molecule has 0 bridgehead atoms. The molecule has 7 heteroatoms. The third-order valence-electron chi connectivity index (χ3n) is 2.84. The van der Waals surface area contributed by atoms with Gasteiger partial charge in [-0.3, -0.25) is 0 Å². The summed E-state index contributed by atoms with van der Waals surface area (Å²) in [7, 11) is 0. The first-order valence-corrected chi connectivity index (χ1v) is 7.16. The average Bonchev–Trinajstić information content (AvgIpc) is 3.03. The zero-order valence-electron chi connectivity index (χ0n) is 11.2. The second-order valence-electron chi connectivity index (χ2n) is 4.33. The van der Waals surface area contributed by atoms with E-state index in [1.807, 2.05) is 12.1 Å². The maximum Gasteiger partial charge on any atom is 0.175 e. The average molecular weight is 311 g/mol. The van der Waals surface area contributed by atoms with Gasteiger partial charge in [-0.15, -0.1) is 0 Å². The Hall–Kier alpha value is -2.85. The third-order valence-corrected chi connectivity index (χ3v) is 3.63. The zero-order chi connectivity index (χ0) is 15.4. The van der Waals surface area contributed by atoms with Crippen LogP contribution in [0.5, 0.6) is 0 Å². The van der Waals surface area contributed by atoms with Crippen molar-refractivity contribution in [3.8, 4) is 17.6 Å². The number of nitrogens with zero attached hydrogens (tertiary/aromatic N) is 3. The Balaban J connectivity index is 1.70. The molecule has 2 heterocycles. The van der Waals surface area contributed by atoms with Crippen molar-refractivity contribution < 1.29 is 4.39 Å². The number of aromatic nitrogens is 3. The molecule has 0 atom stereocenters. The van der Waals surface area contributed by atoms with Crippen molar-refractivity contribution in [2.24, 2.45) is 0 Å². The first-order valence-electron chi connectivity index (χ1n) is 6.34. The molecular weight excluding hydrogens is 301 g/mol. The van der Waals surface area contributed by atoms with Crippen molar-refractivity contribution in [1.29, 1.82) is 5.26 Å². The highest BCUT2D eigenvalue weighted by Gasteiger charge is 2.07. The van der Waals surface area contributed by atoms with Crippen molar-refractivity contribution in [3.05, 3.63) is 60.3 Å². The number of nitrogens with one attached hydrogen (secondary N) is 2. The summed E-state index contributed by atoms with van der Waals surface area (Å²) in [5, 5.41) is 8.71. The van der Waals surface area contributed by atoms with E-state index in [1.54, 1.807) is 30.7 Å². The van der Waals surface area contributed by atoms with Gasteiger partial charge >= 0.3 is 0 Å². The Morgan fingerprint density at radius 3 is 2.77 bits per heavy atom. The van der Waals surface area contributed by atoms with Crippen molar-refractivity contribution >= 4 is 17.6 Å². The van der Waals surface area contributed by atoms with Gasteiger partial charge in [0.05, 0.1) is 23.0 Å². The van der Waals surface area contributed by atoms with Crippen LogP contribution in [0.15, 0.2) is 53.8 Å². The van der Waals surface area contributed by atoms with E-state index in [2.05, 4.69) is 19.7 Å². The molecule has 0 spiro atoms. The number of aromatic amines is 1. The van der Waals surface area contributed by atoms with Crippen molar-refractivity contribution in [2.45, 2.75) is 4.90 Å². The lowest BCUT2D eigenvalue weighted by Gasteiger charge is -2.05. The molecule has 3 aromatic rings. The molecule has 0 radical (unpaired) electrons. The van der Waals surface area contributed by atoms with E-state index in [-0.39, 0.29) is 0 Å². The molecule has 0 aliphatic carbocycles. The molecular formula is C15H10FN5S. The number of rotatable bonds is 4. The number of H-pyrrole nitrogens is 1. The van der Waals surface area contributed by atoms with Gasteiger partial charge in [-0.05, 0) is 42.3 Å². The lowest BCUT2D eigenvalue weighted by molar-refractivity contribution is 0.632. The summed E-state index contributed by atoms with van der Waals surface area (Å²) in [6.45, 7) is 0. The molecule has 2 N–H and O–H groups in total. The smallest absolute Gasteiger partial charge is 0.175 e. The fraction of sp³-hybridized carbons (Fsp3) is 0. The van der Waals surface area contributed by atoms with Gasteiger partial charge in [0.15, 0.2) is 5.82 Å². The number of halogens is 1. The first kappa shape index (κ1) is 14.1. The highest BCUT2D eigenvalue weighted by atomic mass is 32.2. The molecule has 0 saturated heterocycles. The SMILES string of the molecule is N#Cc1ccc(NSc2c[nH]c(-c3ncccn3)c2)c(F)c1. The summed E-state index contributed by atoms with van der Waals surface area (Å²) in [6, 6.07) is 9.81. The van der Waals surface area contributed by atoms with Crippen LogP contribution in [0, 0.1) is 17.1 Å². The summed E-state index contributed by atoms with van der Waals surface area (Å²) >= 11 is 1.26. The maximum absolute atomic E-state index is 13.8. The Bertz CT molecular complexity index is 825. The third kappa shape index (κ3) is 3.07. The predicted octanol–water partition coefficient (Wildman–Crippen LogP) is 3.60. The standard InChI is InChI=1S/C15H10FN5S/c16-12-6-10(8-17)2-3-13(12)21-22-11-7-14(20-9-11)15-18-4-1-5-19-15/h1-7,9,20-21H. The fourth-order valence-electron chi connectivity index (χ4n) is 1.78. The molecule has 3 rings (SSSR count). The van der Waals surface area contributed by atoms with Gasteiger partial charge < -0.3 is 9.71 Å². The Morgan fingerprint density at radius 1 is 1.23 bits per heavy atom. The minimum atomic E-state index is -0.464. The van der Waals surface area contributed by atoms with Gasteiger partial charge in [0.2, 0.25) is 0 Å². The van der Waals surface area contributed by atoms with Gasteiger partial charge in [-0.2, -0.15) is 5.26 Å². The van der Waals surface area contributed by atoms with Crippen molar-refractivity contribution in [1.82, 2.24) is 15.0 Å². The molecule has 5 nitrogen and oxygen atoms in total. The molecule has 0 aliphatic heterocycles. The highest BCUT2D eigenvalue weighted by molar-refractivity contribution is 8.00. The maximum atomic E-state index is 13.8. The van der Waals surface area contributed by atoms with Gasteiger partial charge in [0.25, 0.3) is 0 Å². The lowest BCUT2D eigenvalue weighted by atomic mass is 10.2. The second kappa shape index (κ2) is 6.28. The first-order chi connectivity index (χ1) is 10.8. The van der Waals surface area contributed by atoms with Gasteiger partial charge in [0.1, 0.15) is 5.82 Å². The van der Waals surface area contributed by atoms with E-state index in [4.69, 9.17) is 5.26 Å². The predicted molar refractivity (Wildman–Crippen MR) is 82.4 cm³/mol. The lowest BCUT2D eigenvalue weighted by Crippen LogP contribution is -1.91. The molecule has 0 saturated carbocycles. The van der Waals surface area contributed by atoms with E-state index < -0.39 is 5.82 Å². The van der Waals surface area contributed by atoms with Crippen LogP contribution >= 0.6 is 11.9 Å². The molecule has 0 unspecified atom stereocenters. The topological polar surface area (TPSA) is 77.4 Å². The number of anilines is 1. The normalized spacial score (nSPS) is 10.2. The highest BCUT2D eigenvalue weighted by Crippen LogP contribution is 2.26. The number of hydrogen-bond donors (Lipinski definition) is 2. The minimum absolute atomic E-state index is 0.290. The van der Waals surface area contributed by atoms with Crippen LogP contribution in [0.2, 0.25) is 0 Å². The van der Waals surface area contributed by atoms with E-state index in [9.17, 15) is 4.39 Å². The molecule has 0 fully saturated rings. The van der Waals surface area contributed by atoms with Gasteiger partial charge in [-0.1, -0.05) is 0 Å². The monoisotopic (exact) mass is 311 g/mol. The second-order valence-corrected chi connectivity index (χ2v) is 5.21. The fourth-order valence-corrected chi connectivity index (χ4v) is 2.47. The summed E-state index contributed by atoms with van der Waals surface area (Å²) in [6.07, 6.45) is 5.12. The summed E-state index contributed by atoms with van der Waals surface area (Å²) < 4.78 is 16.7. The van der Waals surface area contributed by atoms with Crippen LogP contribution in [0.25, 0.3) is 11.5 Å². The zero-order valence-corrected chi connectivity index (χ0v) is 12.1. The number of nitriles is 1.